The van der Waals surface area contributed by atoms with Crippen molar-refractivity contribution >= 4 is 29.3 Å². The second-order valence-corrected chi connectivity index (χ2v) is 7.77. The molecule has 0 spiro atoms. The molecule has 0 fully saturated rings. The standard InChI is InChI=1S/C21H23F3N2O2S/c1-3-26(20(28)21(22,23)24)13-17-10-7-11-18(12-17)25-19(27)15(2)29-14-16-8-5-4-6-9-16/h4-12,15H,3,13-14H2,1-2H3,(H,25,27). The number of hydrogen-bond donors (Lipinski definition) is 1. The van der Waals surface area contributed by atoms with Crippen LogP contribution in [0.1, 0.15) is 25.0 Å². The summed E-state index contributed by atoms with van der Waals surface area (Å²) >= 11 is 1.49. The van der Waals surface area contributed by atoms with E-state index in [-0.39, 0.29) is 24.2 Å². The molecule has 1 atom stereocenters. The van der Waals surface area contributed by atoms with Crippen molar-refractivity contribution in [3.8, 4) is 0 Å². The highest BCUT2D eigenvalue weighted by molar-refractivity contribution is 7.99. The molecule has 2 amide bonds. The van der Waals surface area contributed by atoms with Gasteiger partial charge in [0.15, 0.2) is 0 Å². The average molecular weight is 424 g/mol. The molecule has 29 heavy (non-hydrogen) atoms. The maximum absolute atomic E-state index is 12.7. The molecule has 0 aliphatic heterocycles. The third-order valence-electron chi connectivity index (χ3n) is 4.19. The number of benzene rings is 2. The molecule has 2 rings (SSSR count). The van der Waals surface area contributed by atoms with Crippen LogP contribution in [0.2, 0.25) is 0 Å². The number of rotatable bonds is 8. The van der Waals surface area contributed by atoms with Crippen LogP contribution < -0.4 is 5.32 Å². The molecule has 0 saturated carbocycles. The lowest BCUT2D eigenvalue weighted by molar-refractivity contribution is -0.185. The van der Waals surface area contributed by atoms with E-state index in [2.05, 4.69) is 5.32 Å². The molecule has 2 aromatic carbocycles. The van der Waals surface area contributed by atoms with Crippen LogP contribution in [0.5, 0.6) is 0 Å². The van der Waals surface area contributed by atoms with Crippen LogP contribution in [0, 0.1) is 0 Å². The summed E-state index contributed by atoms with van der Waals surface area (Å²) in [7, 11) is 0. The van der Waals surface area contributed by atoms with Gasteiger partial charge in [0.25, 0.3) is 0 Å². The summed E-state index contributed by atoms with van der Waals surface area (Å²) in [5, 5.41) is 2.48. The molecule has 1 N–H and O–H groups in total. The van der Waals surface area contributed by atoms with Crippen LogP contribution in [0.4, 0.5) is 18.9 Å². The summed E-state index contributed by atoms with van der Waals surface area (Å²) in [4.78, 5) is 24.6. The topological polar surface area (TPSA) is 49.4 Å². The van der Waals surface area contributed by atoms with E-state index in [1.807, 2.05) is 30.3 Å². The van der Waals surface area contributed by atoms with Crippen LogP contribution in [0.25, 0.3) is 0 Å². The lowest BCUT2D eigenvalue weighted by atomic mass is 10.2. The zero-order valence-electron chi connectivity index (χ0n) is 16.2. The van der Waals surface area contributed by atoms with Crippen molar-refractivity contribution in [2.24, 2.45) is 0 Å². The van der Waals surface area contributed by atoms with Gasteiger partial charge in [-0.25, -0.2) is 0 Å². The minimum atomic E-state index is -4.91. The van der Waals surface area contributed by atoms with Crippen LogP contribution in [-0.2, 0) is 21.9 Å². The zero-order valence-corrected chi connectivity index (χ0v) is 17.0. The van der Waals surface area contributed by atoms with E-state index in [4.69, 9.17) is 0 Å². The van der Waals surface area contributed by atoms with Crippen molar-refractivity contribution in [3.63, 3.8) is 0 Å². The molecule has 0 heterocycles. The molecule has 0 aliphatic carbocycles. The first-order valence-corrected chi connectivity index (χ1v) is 10.2. The third-order valence-corrected chi connectivity index (χ3v) is 5.41. The quantitative estimate of drug-likeness (QED) is 0.659. The second kappa shape index (κ2) is 10.3. The van der Waals surface area contributed by atoms with Crippen molar-refractivity contribution in [3.05, 3.63) is 65.7 Å². The van der Waals surface area contributed by atoms with Crippen LogP contribution in [0.15, 0.2) is 54.6 Å². The van der Waals surface area contributed by atoms with Crippen molar-refractivity contribution in [2.75, 3.05) is 11.9 Å². The second-order valence-electron chi connectivity index (χ2n) is 6.45. The fourth-order valence-electron chi connectivity index (χ4n) is 2.59. The molecule has 2 aromatic rings. The Morgan fingerprint density at radius 3 is 2.34 bits per heavy atom. The van der Waals surface area contributed by atoms with Gasteiger partial charge in [0.2, 0.25) is 5.91 Å². The highest BCUT2D eigenvalue weighted by Gasteiger charge is 2.41. The van der Waals surface area contributed by atoms with Gasteiger partial charge in [0.1, 0.15) is 0 Å². The molecular formula is C21H23F3N2O2S. The van der Waals surface area contributed by atoms with E-state index in [0.717, 1.165) is 10.5 Å². The Labute approximate surface area is 172 Å². The van der Waals surface area contributed by atoms with Gasteiger partial charge in [0.05, 0.1) is 5.25 Å². The predicted octanol–water partition coefficient (Wildman–Crippen LogP) is 4.86. The Kier molecular flexibility index (Phi) is 8.13. The molecular weight excluding hydrogens is 401 g/mol. The number of thioether (sulfide) groups is 1. The number of alkyl halides is 3. The highest BCUT2D eigenvalue weighted by atomic mass is 32.2. The number of halogens is 3. The molecule has 156 valence electrons. The van der Waals surface area contributed by atoms with Gasteiger partial charge < -0.3 is 10.2 Å². The molecule has 0 bridgehead atoms. The predicted molar refractivity (Wildman–Crippen MR) is 109 cm³/mol. The fraction of sp³-hybridized carbons (Fsp3) is 0.333. The lowest BCUT2D eigenvalue weighted by Gasteiger charge is -2.22. The van der Waals surface area contributed by atoms with Crippen molar-refractivity contribution in [2.45, 2.75) is 37.6 Å². The SMILES string of the molecule is CCN(Cc1cccc(NC(=O)C(C)SCc2ccccc2)c1)C(=O)C(F)(F)F. The Morgan fingerprint density at radius 1 is 1.07 bits per heavy atom. The highest BCUT2D eigenvalue weighted by Crippen LogP contribution is 2.22. The first-order valence-electron chi connectivity index (χ1n) is 9.12. The summed E-state index contributed by atoms with van der Waals surface area (Å²) in [5.74, 6) is -1.37. The normalized spacial score (nSPS) is 12.3. The molecule has 8 heteroatoms. The van der Waals surface area contributed by atoms with Gasteiger partial charge in [0, 0.05) is 24.5 Å². The Morgan fingerprint density at radius 2 is 1.72 bits per heavy atom. The minimum Gasteiger partial charge on any atom is -0.331 e. The van der Waals surface area contributed by atoms with Gasteiger partial charge in [-0.1, -0.05) is 42.5 Å². The van der Waals surface area contributed by atoms with Gasteiger partial charge in [-0.15, -0.1) is 11.8 Å². The van der Waals surface area contributed by atoms with Gasteiger partial charge >= 0.3 is 12.1 Å². The van der Waals surface area contributed by atoms with Crippen LogP contribution in [0.3, 0.4) is 0 Å². The Hall–Kier alpha value is -2.48. The van der Waals surface area contributed by atoms with E-state index in [1.54, 1.807) is 31.2 Å². The summed E-state index contributed by atoms with van der Waals surface area (Å²) < 4.78 is 38.0. The molecule has 0 radical (unpaired) electrons. The maximum atomic E-state index is 12.7. The average Bonchev–Trinajstić information content (AvgIpc) is 2.70. The molecule has 0 aromatic heterocycles. The van der Waals surface area contributed by atoms with Gasteiger partial charge in [-0.05, 0) is 37.1 Å². The molecule has 0 aliphatic rings. The Bertz CT molecular complexity index is 828. The summed E-state index contributed by atoms with van der Waals surface area (Å²) in [6.07, 6.45) is -4.91. The third kappa shape index (κ3) is 7.12. The molecule has 4 nitrogen and oxygen atoms in total. The maximum Gasteiger partial charge on any atom is 0.471 e. The smallest absolute Gasteiger partial charge is 0.331 e. The molecule has 1 unspecified atom stereocenters. The number of amides is 2. The van der Waals surface area contributed by atoms with Crippen molar-refractivity contribution < 1.29 is 22.8 Å². The first-order chi connectivity index (χ1) is 13.7. The minimum absolute atomic E-state index is 0.0674. The van der Waals surface area contributed by atoms with E-state index in [1.165, 1.54) is 18.7 Å². The van der Waals surface area contributed by atoms with E-state index < -0.39 is 12.1 Å². The monoisotopic (exact) mass is 424 g/mol. The number of hydrogen-bond acceptors (Lipinski definition) is 3. The number of carbonyl (C=O) groups is 2. The number of nitrogens with one attached hydrogen (secondary N) is 1. The summed E-state index contributed by atoms with van der Waals surface area (Å²) in [5.41, 5.74) is 2.11. The van der Waals surface area contributed by atoms with Crippen LogP contribution in [-0.4, -0.2) is 34.7 Å². The number of nitrogens with zero attached hydrogens (tertiary/aromatic N) is 1. The van der Waals surface area contributed by atoms with E-state index in [0.29, 0.717) is 17.0 Å². The fourth-order valence-corrected chi connectivity index (χ4v) is 3.43. The van der Waals surface area contributed by atoms with E-state index in [9.17, 15) is 22.8 Å². The van der Waals surface area contributed by atoms with Crippen LogP contribution >= 0.6 is 11.8 Å². The first kappa shape index (κ1) is 22.8. The summed E-state index contributed by atoms with van der Waals surface area (Å²) in [6, 6.07) is 16.3. The number of carbonyl (C=O) groups excluding carboxylic acids is 2. The Balaban J connectivity index is 1.96. The van der Waals surface area contributed by atoms with Gasteiger partial charge in [-0.2, -0.15) is 13.2 Å². The molecule has 0 saturated heterocycles. The summed E-state index contributed by atoms with van der Waals surface area (Å²) in [6.45, 7) is 3.04. The van der Waals surface area contributed by atoms with Crippen molar-refractivity contribution in [1.82, 2.24) is 4.90 Å². The van der Waals surface area contributed by atoms with E-state index >= 15 is 0 Å². The van der Waals surface area contributed by atoms with Gasteiger partial charge in [-0.3, -0.25) is 9.59 Å². The lowest BCUT2D eigenvalue weighted by Crippen LogP contribution is -2.40. The zero-order chi connectivity index (χ0) is 21.4. The largest absolute Gasteiger partial charge is 0.471 e. The van der Waals surface area contributed by atoms with Crippen molar-refractivity contribution in [1.29, 1.82) is 0 Å². The number of anilines is 1.